The molecule has 0 aromatic heterocycles. The molecule has 0 radical (unpaired) electrons. The predicted octanol–water partition coefficient (Wildman–Crippen LogP) is 0.533. The second-order valence-electron chi connectivity index (χ2n) is 4.63. The minimum Gasteiger partial charge on any atom is -0.467 e. The van der Waals surface area contributed by atoms with Crippen LogP contribution in [-0.2, 0) is 19.1 Å². The molecule has 1 unspecified atom stereocenters. The summed E-state index contributed by atoms with van der Waals surface area (Å²) in [5.41, 5.74) is 2.61. The molecule has 0 bridgehead atoms. The number of anilines is 1. The van der Waals surface area contributed by atoms with Crippen molar-refractivity contribution in [1.82, 2.24) is 5.43 Å². The summed E-state index contributed by atoms with van der Waals surface area (Å²) in [7, 11) is 2.57. The average Bonchev–Trinajstić information content (AvgIpc) is 2.98. The second kappa shape index (κ2) is 6.25. The fraction of sp³-hybridized carbons (Fsp3) is 0.357. The summed E-state index contributed by atoms with van der Waals surface area (Å²) in [5, 5.41) is 7.02. The molecule has 1 aliphatic heterocycles. The third kappa shape index (κ3) is 3.13. The van der Waals surface area contributed by atoms with Gasteiger partial charge in [-0.2, -0.15) is 5.10 Å². The van der Waals surface area contributed by atoms with E-state index in [1.165, 1.54) is 14.2 Å². The molecule has 1 aromatic rings. The van der Waals surface area contributed by atoms with E-state index in [1.54, 1.807) is 0 Å². The monoisotopic (exact) mass is 291 g/mol. The molecular formula is C14H17N3O4. The summed E-state index contributed by atoms with van der Waals surface area (Å²) >= 11 is 0. The van der Waals surface area contributed by atoms with Crippen molar-refractivity contribution in [1.29, 1.82) is 0 Å². The van der Waals surface area contributed by atoms with E-state index in [4.69, 9.17) is 4.74 Å². The van der Waals surface area contributed by atoms with Crippen LogP contribution in [0.25, 0.3) is 0 Å². The predicted molar refractivity (Wildman–Crippen MR) is 76.9 cm³/mol. The number of carbonyl (C=O) groups is 2. The molecule has 0 saturated heterocycles. The Bertz CT molecular complexity index is 559. The van der Waals surface area contributed by atoms with Crippen molar-refractivity contribution in [2.75, 3.05) is 26.1 Å². The van der Waals surface area contributed by atoms with Crippen LogP contribution in [0.4, 0.5) is 5.69 Å². The number of hydrogen-bond acceptors (Lipinski definition) is 7. The van der Waals surface area contributed by atoms with Gasteiger partial charge in [-0.15, -0.1) is 0 Å². The molecular weight excluding hydrogens is 274 g/mol. The van der Waals surface area contributed by atoms with E-state index < -0.39 is 17.5 Å². The molecule has 112 valence electrons. The number of para-hydroxylation sites is 1. The summed E-state index contributed by atoms with van der Waals surface area (Å²) in [4.78, 5) is 23.6. The van der Waals surface area contributed by atoms with E-state index in [2.05, 4.69) is 20.6 Å². The van der Waals surface area contributed by atoms with E-state index in [0.29, 0.717) is 0 Å². The quantitative estimate of drug-likeness (QED) is 0.769. The molecule has 0 fully saturated rings. The van der Waals surface area contributed by atoms with Crippen molar-refractivity contribution in [3.8, 4) is 0 Å². The molecule has 7 heteroatoms. The van der Waals surface area contributed by atoms with E-state index in [9.17, 15) is 9.59 Å². The van der Waals surface area contributed by atoms with Crippen molar-refractivity contribution in [2.24, 2.45) is 5.10 Å². The Morgan fingerprint density at radius 2 is 2.00 bits per heavy atom. The van der Waals surface area contributed by atoms with E-state index in [1.807, 2.05) is 30.3 Å². The van der Waals surface area contributed by atoms with Crippen LogP contribution in [0.2, 0.25) is 0 Å². The first-order chi connectivity index (χ1) is 10.1. The Hall–Kier alpha value is -2.57. The van der Waals surface area contributed by atoms with Crippen LogP contribution in [-0.4, -0.2) is 44.0 Å². The maximum Gasteiger partial charge on any atom is 0.354 e. The first kappa shape index (κ1) is 14.8. The van der Waals surface area contributed by atoms with Gasteiger partial charge in [0.2, 0.25) is 0 Å². The van der Waals surface area contributed by atoms with Crippen molar-refractivity contribution in [3.05, 3.63) is 30.3 Å². The van der Waals surface area contributed by atoms with Gasteiger partial charge in [0.25, 0.3) is 0 Å². The smallest absolute Gasteiger partial charge is 0.354 e. The van der Waals surface area contributed by atoms with Crippen LogP contribution < -0.4 is 10.7 Å². The van der Waals surface area contributed by atoms with Crippen LogP contribution in [0.3, 0.4) is 0 Å². The van der Waals surface area contributed by atoms with Gasteiger partial charge in [-0.05, 0) is 12.1 Å². The lowest BCUT2D eigenvalue weighted by molar-refractivity contribution is -0.147. The summed E-state index contributed by atoms with van der Waals surface area (Å²) in [6, 6.07) is 9.41. The van der Waals surface area contributed by atoms with Gasteiger partial charge >= 0.3 is 11.9 Å². The van der Waals surface area contributed by atoms with Gasteiger partial charge in [0.15, 0.2) is 5.54 Å². The number of nitrogens with zero attached hydrogens (tertiary/aromatic N) is 1. The largest absolute Gasteiger partial charge is 0.467 e. The molecule has 1 aromatic carbocycles. The highest BCUT2D eigenvalue weighted by Crippen LogP contribution is 2.21. The van der Waals surface area contributed by atoms with Gasteiger partial charge in [-0.3, -0.25) is 5.43 Å². The number of benzene rings is 1. The number of rotatable bonds is 5. The lowest BCUT2D eigenvalue weighted by Crippen LogP contribution is -2.53. The van der Waals surface area contributed by atoms with Crippen LogP contribution in [0.1, 0.15) is 6.42 Å². The number of hydrogen-bond donors (Lipinski definition) is 2. The number of hydrazone groups is 1. The fourth-order valence-electron chi connectivity index (χ4n) is 2.07. The zero-order chi connectivity index (χ0) is 15.3. The number of methoxy groups -OCH3 is 2. The molecule has 0 spiro atoms. The van der Waals surface area contributed by atoms with Gasteiger partial charge < -0.3 is 14.8 Å². The Balaban J connectivity index is 2.10. The molecule has 0 aliphatic carbocycles. The lowest BCUT2D eigenvalue weighted by atomic mass is 9.94. The van der Waals surface area contributed by atoms with Gasteiger partial charge in [-0.1, -0.05) is 18.2 Å². The first-order valence-corrected chi connectivity index (χ1v) is 6.41. The number of esters is 2. The molecule has 2 N–H and O–H groups in total. The maximum atomic E-state index is 12.1. The number of carbonyl (C=O) groups excluding carboxylic acids is 2. The first-order valence-electron chi connectivity index (χ1n) is 6.41. The molecule has 0 saturated carbocycles. The van der Waals surface area contributed by atoms with Crippen molar-refractivity contribution in [3.63, 3.8) is 0 Å². The molecule has 7 nitrogen and oxygen atoms in total. The van der Waals surface area contributed by atoms with E-state index in [0.717, 1.165) is 5.69 Å². The number of nitrogens with one attached hydrogen (secondary N) is 2. The minimum atomic E-state index is -1.12. The van der Waals surface area contributed by atoms with Gasteiger partial charge in [-0.25, -0.2) is 9.59 Å². The topological polar surface area (TPSA) is 89.0 Å². The Morgan fingerprint density at radius 1 is 1.29 bits per heavy atom. The van der Waals surface area contributed by atoms with Gasteiger partial charge in [0.1, 0.15) is 5.71 Å². The normalized spacial score (nSPS) is 20.2. The van der Waals surface area contributed by atoms with Crippen LogP contribution in [0, 0.1) is 0 Å². The second-order valence-corrected chi connectivity index (χ2v) is 4.63. The molecule has 21 heavy (non-hydrogen) atoms. The summed E-state index contributed by atoms with van der Waals surface area (Å²) in [6.45, 7) is 0.230. The van der Waals surface area contributed by atoms with Crippen molar-refractivity contribution in [2.45, 2.75) is 12.0 Å². The average molecular weight is 291 g/mol. The highest BCUT2D eigenvalue weighted by atomic mass is 16.5. The summed E-state index contributed by atoms with van der Waals surface area (Å²) < 4.78 is 9.44. The van der Waals surface area contributed by atoms with E-state index >= 15 is 0 Å². The Kier molecular flexibility index (Phi) is 4.42. The van der Waals surface area contributed by atoms with Crippen LogP contribution >= 0.6 is 0 Å². The highest BCUT2D eigenvalue weighted by molar-refractivity contribution is 6.37. The van der Waals surface area contributed by atoms with Crippen molar-refractivity contribution >= 4 is 23.3 Å². The van der Waals surface area contributed by atoms with Crippen LogP contribution in [0.5, 0.6) is 0 Å². The third-order valence-electron chi connectivity index (χ3n) is 3.24. The minimum absolute atomic E-state index is 0.103. The molecule has 0 amide bonds. The van der Waals surface area contributed by atoms with Crippen LogP contribution in [0.15, 0.2) is 35.4 Å². The summed E-state index contributed by atoms with van der Waals surface area (Å²) in [6.07, 6.45) is 0.103. The number of ether oxygens (including phenoxy) is 2. The fourth-order valence-corrected chi connectivity index (χ4v) is 2.07. The Labute approximate surface area is 122 Å². The standard InChI is InChI=1S/C14H17N3O4/c1-20-12(18)11-8-14(17-16-11,13(19)21-2)9-15-10-6-4-3-5-7-10/h3-7,15,17H,8-9H2,1-2H3. The van der Waals surface area contributed by atoms with Gasteiger partial charge in [0.05, 0.1) is 20.8 Å². The summed E-state index contributed by atoms with van der Waals surface area (Å²) in [5.74, 6) is -1.05. The SMILES string of the molecule is COC(=O)C1=NNC(CNc2ccccc2)(C(=O)OC)C1. The zero-order valence-corrected chi connectivity index (χ0v) is 11.9. The molecule has 1 atom stereocenters. The lowest BCUT2D eigenvalue weighted by Gasteiger charge is -2.26. The van der Waals surface area contributed by atoms with Crippen molar-refractivity contribution < 1.29 is 19.1 Å². The molecule has 1 aliphatic rings. The van der Waals surface area contributed by atoms with Gasteiger partial charge in [0, 0.05) is 12.1 Å². The molecule has 2 rings (SSSR count). The zero-order valence-electron chi connectivity index (χ0n) is 11.9. The molecule has 1 heterocycles. The maximum absolute atomic E-state index is 12.1. The Morgan fingerprint density at radius 3 is 2.62 bits per heavy atom. The van der Waals surface area contributed by atoms with E-state index in [-0.39, 0.29) is 18.7 Å². The highest BCUT2D eigenvalue weighted by Gasteiger charge is 2.46. The third-order valence-corrected chi connectivity index (χ3v) is 3.24.